The zero-order valence-corrected chi connectivity index (χ0v) is 17.0. The van der Waals surface area contributed by atoms with Gasteiger partial charge in [0.15, 0.2) is 0 Å². The van der Waals surface area contributed by atoms with Crippen LogP contribution < -0.4 is 10.4 Å². The standard InChI is InChI=1S/C24H21N3O4/c1-17(28)30-22-9-8-18-12-19(24(29)31-23(18)13-22)14-27(15-20-6-2-4-10-25-20)16-21-7-3-5-11-26-21/h2-13H,14-16H2,1H3. The lowest BCUT2D eigenvalue weighted by atomic mass is 10.1. The number of carbonyl (C=O) groups is 1. The first kappa shape index (κ1) is 20.4. The molecule has 0 fully saturated rings. The summed E-state index contributed by atoms with van der Waals surface area (Å²) in [5.41, 5.74) is 2.26. The summed E-state index contributed by atoms with van der Waals surface area (Å²) in [6, 6.07) is 18.3. The second kappa shape index (κ2) is 9.32. The van der Waals surface area contributed by atoms with Crippen molar-refractivity contribution >= 4 is 16.9 Å². The van der Waals surface area contributed by atoms with Gasteiger partial charge in [0, 0.05) is 50.4 Å². The maximum atomic E-state index is 12.7. The molecule has 0 unspecified atom stereocenters. The third-order valence-corrected chi connectivity index (χ3v) is 4.66. The number of pyridine rings is 2. The summed E-state index contributed by atoms with van der Waals surface area (Å²) in [5, 5.41) is 0.751. The van der Waals surface area contributed by atoms with Crippen molar-refractivity contribution in [2.45, 2.75) is 26.6 Å². The number of hydrogen-bond donors (Lipinski definition) is 0. The molecule has 1 aromatic carbocycles. The third-order valence-electron chi connectivity index (χ3n) is 4.66. The number of aromatic nitrogens is 2. The number of esters is 1. The van der Waals surface area contributed by atoms with Crippen LogP contribution in [0.4, 0.5) is 0 Å². The summed E-state index contributed by atoms with van der Waals surface area (Å²) in [5.74, 6) is -0.0965. The second-order valence-corrected chi connectivity index (χ2v) is 7.14. The van der Waals surface area contributed by atoms with E-state index in [1.54, 1.807) is 30.6 Å². The van der Waals surface area contributed by atoms with Crippen molar-refractivity contribution in [1.29, 1.82) is 0 Å². The molecule has 0 radical (unpaired) electrons. The van der Waals surface area contributed by atoms with Crippen LogP contribution in [0.25, 0.3) is 11.0 Å². The molecule has 0 N–H and O–H groups in total. The summed E-state index contributed by atoms with van der Waals surface area (Å²) < 4.78 is 10.6. The van der Waals surface area contributed by atoms with E-state index in [2.05, 4.69) is 14.9 Å². The van der Waals surface area contributed by atoms with Gasteiger partial charge in [-0.15, -0.1) is 0 Å². The van der Waals surface area contributed by atoms with Gasteiger partial charge < -0.3 is 9.15 Å². The van der Waals surface area contributed by atoms with Gasteiger partial charge in [-0.3, -0.25) is 19.7 Å². The second-order valence-electron chi connectivity index (χ2n) is 7.14. The lowest BCUT2D eigenvalue weighted by molar-refractivity contribution is -0.131. The molecule has 0 spiro atoms. The minimum atomic E-state index is -0.432. The quantitative estimate of drug-likeness (QED) is 0.258. The molecule has 156 valence electrons. The van der Waals surface area contributed by atoms with Crippen molar-refractivity contribution in [1.82, 2.24) is 14.9 Å². The SMILES string of the molecule is CC(=O)Oc1ccc2cc(CN(Cc3ccccn3)Cc3ccccn3)c(=O)oc2c1. The van der Waals surface area contributed by atoms with E-state index in [1.165, 1.54) is 6.92 Å². The predicted molar refractivity (Wildman–Crippen MR) is 115 cm³/mol. The molecule has 31 heavy (non-hydrogen) atoms. The Bertz CT molecular complexity index is 1200. The molecule has 0 aliphatic carbocycles. The van der Waals surface area contributed by atoms with Gasteiger partial charge in [0.05, 0.1) is 17.0 Å². The Morgan fingerprint density at radius 3 is 2.19 bits per heavy atom. The molecule has 7 heteroatoms. The number of fused-ring (bicyclic) bond motifs is 1. The van der Waals surface area contributed by atoms with E-state index in [4.69, 9.17) is 9.15 Å². The van der Waals surface area contributed by atoms with E-state index >= 15 is 0 Å². The summed E-state index contributed by atoms with van der Waals surface area (Å²) in [7, 11) is 0. The van der Waals surface area contributed by atoms with Gasteiger partial charge in [0.2, 0.25) is 0 Å². The van der Waals surface area contributed by atoms with Crippen molar-refractivity contribution in [3.8, 4) is 5.75 Å². The molecule has 0 atom stereocenters. The maximum Gasteiger partial charge on any atom is 0.340 e. The number of hydrogen-bond acceptors (Lipinski definition) is 7. The average Bonchev–Trinajstić information content (AvgIpc) is 2.75. The molecular weight excluding hydrogens is 394 g/mol. The number of benzene rings is 1. The zero-order valence-electron chi connectivity index (χ0n) is 17.0. The molecular formula is C24H21N3O4. The largest absolute Gasteiger partial charge is 0.427 e. The van der Waals surface area contributed by atoms with Gasteiger partial charge in [0.25, 0.3) is 0 Å². The minimum Gasteiger partial charge on any atom is -0.427 e. The Morgan fingerprint density at radius 2 is 1.61 bits per heavy atom. The Balaban J connectivity index is 1.62. The molecule has 0 saturated heterocycles. The van der Waals surface area contributed by atoms with Crippen LogP contribution in [0, 0.1) is 0 Å². The molecule has 3 aromatic heterocycles. The van der Waals surface area contributed by atoms with Crippen LogP contribution in [0.2, 0.25) is 0 Å². The van der Waals surface area contributed by atoms with E-state index in [9.17, 15) is 9.59 Å². The highest BCUT2D eigenvalue weighted by Gasteiger charge is 2.14. The van der Waals surface area contributed by atoms with Crippen LogP contribution in [0.5, 0.6) is 5.75 Å². The molecule has 4 rings (SSSR count). The van der Waals surface area contributed by atoms with Crippen molar-refractivity contribution < 1.29 is 13.9 Å². The van der Waals surface area contributed by atoms with Gasteiger partial charge >= 0.3 is 11.6 Å². The van der Waals surface area contributed by atoms with E-state index in [0.29, 0.717) is 36.5 Å². The zero-order chi connectivity index (χ0) is 21.6. The van der Waals surface area contributed by atoms with Gasteiger partial charge in [-0.2, -0.15) is 0 Å². The van der Waals surface area contributed by atoms with Crippen molar-refractivity contribution in [3.05, 3.63) is 100 Å². The topological polar surface area (TPSA) is 85.5 Å². The van der Waals surface area contributed by atoms with Crippen LogP contribution >= 0.6 is 0 Å². The number of rotatable bonds is 7. The fourth-order valence-electron chi connectivity index (χ4n) is 3.32. The molecule has 0 aliphatic heterocycles. The summed E-state index contributed by atoms with van der Waals surface area (Å²) >= 11 is 0. The summed E-state index contributed by atoms with van der Waals surface area (Å²) in [6.07, 6.45) is 3.50. The number of nitrogens with zero attached hydrogens (tertiary/aromatic N) is 3. The normalized spacial score (nSPS) is 11.0. The van der Waals surface area contributed by atoms with Gasteiger partial charge in [-0.05, 0) is 42.5 Å². The van der Waals surface area contributed by atoms with Crippen molar-refractivity contribution in [2.24, 2.45) is 0 Å². The van der Waals surface area contributed by atoms with E-state index in [-0.39, 0.29) is 0 Å². The first-order valence-electron chi connectivity index (χ1n) is 9.84. The monoisotopic (exact) mass is 415 g/mol. The average molecular weight is 415 g/mol. The lowest BCUT2D eigenvalue weighted by Gasteiger charge is -2.21. The maximum absolute atomic E-state index is 12.7. The number of carbonyl (C=O) groups excluding carboxylic acids is 1. The third kappa shape index (κ3) is 5.40. The first-order valence-corrected chi connectivity index (χ1v) is 9.84. The highest BCUT2D eigenvalue weighted by Crippen LogP contribution is 2.21. The number of ether oxygens (including phenoxy) is 1. The Labute approximate surface area is 178 Å². The minimum absolute atomic E-state index is 0.336. The Kier molecular flexibility index (Phi) is 6.14. The lowest BCUT2D eigenvalue weighted by Crippen LogP contribution is -2.26. The molecule has 3 heterocycles. The summed E-state index contributed by atoms with van der Waals surface area (Å²) in [6.45, 7) is 2.80. The van der Waals surface area contributed by atoms with Crippen LogP contribution in [-0.2, 0) is 24.4 Å². The van der Waals surface area contributed by atoms with Crippen molar-refractivity contribution in [3.63, 3.8) is 0 Å². The fraction of sp³-hybridized carbons (Fsp3) is 0.167. The smallest absolute Gasteiger partial charge is 0.340 e. The van der Waals surface area contributed by atoms with Crippen LogP contribution in [0.3, 0.4) is 0 Å². The van der Waals surface area contributed by atoms with Gasteiger partial charge in [-0.25, -0.2) is 4.79 Å². The van der Waals surface area contributed by atoms with Crippen LogP contribution in [-0.4, -0.2) is 20.8 Å². The van der Waals surface area contributed by atoms with E-state index < -0.39 is 11.6 Å². The molecule has 0 aliphatic rings. The Hall–Kier alpha value is -3.84. The molecule has 4 aromatic rings. The van der Waals surface area contributed by atoms with Crippen molar-refractivity contribution in [2.75, 3.05) is 0 Å². The summed E-state index contributed by atoms with van der Waals surface area (Å²) in [4.78, 5) is 34.7. The first-order chi connectivity index (χ1) is 15.1. The highest BCUT2D eigenvalue weighted by molar-refractivity contribution is 5.79. The van der Waals surface area contributed by atoms with Gasteiger partial charge in [-0.1, -0.05) is 12.1 Å². The van der Waals surface area contributed by atoms with Crippen LogP contribution in [0.1, 0.15) is 23.9 Å². The van der Waals surface area contributed by atoms with E-state index in [1.807, 2.05) is 42.5 Å². The fourth-order valence-corrected chi connectivity index (χ4v) is 3.32. The molecule has 0 saturated carbocycles. The van der Waals surface area contributed by atoms with Gasteiger partial charge in [0.1, 0.15) is 11.3 Å². The molecule has 7 nitrogen and oxygen atoms in total. The highest BCUT2D eigenvalue weighted by atomic mass is 16.5. The van der Waals surface area contributed by atoms with E-state index in [0.717, 1.165) is 16.8 Å². The van der Waals surface area contributed by atoms with Crippen LogP contribution in [0.15, 0.2) is 82.3 Å². The molecule has 0 amide bonds. The predicted octanol–water partition coefficient (Wildman–Crippen LogP) is 3.71. The Morgan fingerprint density at radius 1 is 0.935 bits per heavy atom. The molecule has 0 bridgehead atoms.